The lowest BCUT2D eigenvalue weighted by atomic mass is 10.3. The van der Waals surface area contributed by atoms with E-state index in [0.717, 1.165) is 11.5 Å². The molecule has 2 heteroatoms. The van der Waals surface area contributed by atoms with Gasteiger partial charge in [0.05, 0.1) is 0 Å². The predicted molar refractivity (Wildman–Crippen MR) is 59.4 cm³/mol. The molecule has 0 nitrogen and oxygen atoms in total. The van der Waals surface area contributed by atoms with E-state index in [2.05, 4.69) is 36.5 Å². The summed E-state index contributed by atoms with van der Waals surface area (Å²) in [5.74, 6) is 2.24. The minimum Gasteiger partial charge on any atom is -0.121 e. The van der Waals surface area contributed by atoms with Crippen molar-refractivity contribution >= 4 is 23.5 Å². The van der Waals surface area contributed by atoms with Crippen LogP contribution in [0.5, 0.6) is 0 Å². The summed E-state index contributed by atoms with van der Waals surface area (Å²) in [7, 11) is 0. The van der Waals surface area contributed by atoms with Crippen molar-refractivity contribution < 1.29 is 0 Å². The van der Waals surface area contributed by atoms with Crippen molar-refractivity contribution in [3.63, 3.8) is 0 Å². The largest absolute Gasteiger partial charge is 0.121 e. The smallest absolute Gasteiger partial charge is 0.0211 e. The highest BCUT2D eigenvalue weighted by atomic mass is 32.2. The van der Waals surface area contributed by atoms with E-state index in [1.165, 1.54) is 9.81 Å². The zero-order valence-electron chi connectivity index (χ0n) is 6.69. The Bertz CT molecular complexity index is 252. The summed E-state index contributed by atoms with van der Waals surface area (Å²) in [6.45, 7) is 0. The Kier molecular flexibility index (Phi) is 2.79. The number of allylic oxidation sites excluding steroid dienone is 4. The van der Waals surface area contributed by atoms with Gasteiger partial charge in [-0.1, -0.05) is 24.3 Å². The van der Waals surface area contributed by atoms with Gasteiger partial charge in [0.15, 0.2) is 0 Å². The Labute approximate surface area is 81.5 Å². The fourth-order valence-corrected chi connectivity index (χ4v) is 3.00. The molecule has 0 saturated carbocycles. The molecule has 2 rings (SSSR count). The molecular weight excluding hydrogens is 184 g/mol. The SMILES string of the molecule is C1=CCSC(C2=CC=CCS2)=C1. The molecule has 0 aromatic rings. The van der Waals surface area contributed by atoms with E-state index < -0.39 is 0 Å². The van der Waals surface area contributed by atoms with Crippen LogP contribution in [0.15, 0.2) is 46.3 Å². The summed E-state index contributed by atoms with van der Waals surface area (Å²) in [6.07, 6.45) is 13.1. The van der Waals surface area contributed by atoms with Crippen LogP contribution < -0.4 is 0 Å². The lowest BCUT2D eigenvalue weighted by molar-refractivity contribution is 1.64. The predicted octanol–water partition coefficient (Wildman–Crippen LogP) is 3.36. The Morgan fingerprint density at radius 3 is 1.67 bits per heavy atom. The first-order valence-corrected chi connectivity index (χ1v) is 5.93. The Balaban J connectivity index is 2.17. The van der Waals surface area contributed by atoms with E-state index >= 15 is 0 Å². The molecule has 0 fully saturated rings. The van der Waals surface area contributed by atoms with Gasteiger partial charge in [0.2, 0.25) is 0 Å². The first kappa shape index (κ1) is 8.27. The summed E-state index contributed by atoms with van der Waals surface area (Å²) in [5, 5.41) is 0. The minimum atomic E-state index is 1.12. The molecule has 62 valence electrons. The van der Waals surface area contributed by atoms with Crippen molar-refractivity contribution in [1.29, 1.82) is 0 Å². The average molecular weight is 194 g/mol. The first-order valence-electron chi connectivity index (χ1n) is 3.96. The lowest BCUT2D eigenvalue weighted by Gasteiger charge is -2.13. The van der Waals surface area contributed by atoms with Gasteiger partial charge in [0.25, 0.3) is 0 Å². The Morgan fingerprint density at radius 1 is 0.833 bits per heavy atom. The molecule has 0 amide bonds. The van der Waals surface area contributed by atoms with Crippen molar-refractivity contribution in [2.75, 3.05) is 11.5 Å². The maximum Gasteiger partial charge on any atom is 0.0211 e. The van der Waals surface area contributed by atoms with Crippen LogP contribution in [0.1, 0.15) is 0 Å². The molecule has 2 aliphatic heterocycles. The highest BCUT2D eigenvalue weighted by Gasteiger charge is 2.07. The van der Waals surface area contributed by atoms with E-state index in [1.807, 2.05) is 23.5 Å². The molecule has 0 unspecified atom stereocenters. The highest BCUT2D eigenvalue weighted by molar-refractivity contribution is 8.08. The van der Waals surface area contributed by atoms with Crippen molar-refractivity contribution in [1.82, 2.24) is 0 Å². The quantitative estimate of drug-likeness (QED) is 0.628. The molecule has 0 radical (unpaired) electrons. The molecule has 0 bridgehead atoms. The summed E-state index contributed by atoms with van der Waals surface area (Å²) >= 11 is 3.84. The standard InChI is InChI=1S/C10H10S2/c1-3-7-11-9(5-1)10-6-2-4-8-12-10/h1-6H,7-8H2. The van der Waals surface area contributed by atoms with Crippen LogP contribution in [0.3, 0.4) is 0 Å². The van der Waals surface area contributed by atoms with Crippen molar-refractivity contribution in [2.45, 2.75) is 0 Å². The van der Waals surface area contributed by atoms with Crippen LogP contribution in [0.4, 0.5) is 0 Å². The van der Waals surface area contributed by atoms with Gasteiger partial charge in [0, 0.05) is 21.3 Å². The molecule has 2 heterocycles. The molecule has 0 atom stereocenters. The molecule has 0 aliphatic carbocycles. The van der Waals surface area contributed by atoms with Gasteiger partial charge >= 0.3 is 0 Å². The van der Waals surface area contributed by atoms with E-state index in [-0.39, 0.29) is 0 Å². The summed E-state index contributed by atoms with van der Waals surface area (Å²) in [4.78, 5) is 2.85. The number of rotatable bonds is 1. The van der Waals surface area contributed by atoms with Gasteiger partial charge in [-0.15, -0.1) is 23.5 Å². The maximum absolute atomic E-state index is 2.20. The van der Waals surface area contributed by atoms with Crippen LogP contribution in [0, 0.1) is 0 Å². The second-order valence-corrected chi connectivity index (χ2v) is 4.66. The van der Waals surface area contributed by atoms with Crippen LogP contribution >= 0.6 is 23.5 Å². The van der Waals surface area contributed by atoms with Crippen LogP contribution in [0.2, 0.25) is 0 Å². The van der Waals surface area contributed by atoms with E-state index in [4.69, 9.17) is 0 Å². The molecule has 2 aliphatic rings. The van der Waals surface area contributed by atoms with E-state index in [0.29, 0.717) is 0 Å². The van der Waals surface area contributed by atoms with Crippen LogP contribution in [-0.2, 0) is 0 Å². The van der Waals surface area contributed by atoms with Crippen molar-refractivity contribution in [3.05, 3.63) is 46.3 Å². The minimum absolute atomic E-state index is 1.12. The fraction of sp³-hybridized carbons (Fsp3) is 0.200. The molecule has 0 spiro atoms. The molecule has 0 aromatic heterocycles. The highest BCUT2D eigenvalue weighted by Crippen LogP contribution is 2.35. The van der Waals surface area contributed by atoms with E-state index in [9.17, 15) is 0 Å². The third kappa shape index (κ3) is 1.87. The van der Waals surface area contributed by atoms with Gasteiger partial charge in [-0.3, -0.25) is 0 Å². The molecule has 0 N–H and O–H groups in total. The van der Waals surface area contributed by atoms with Gasteiger partial charge in [-0.2, -0.15) is 0 Å². The average Bonchev–Trinajstić information content (AvgIpc) is 2.21. The molecule has 0 aromatic carbocycles. The number of hydrogen-bond acceptors (Lipinski definition) is 2. The number of hydrogen-bond donors (Lipinski definition) is 0. The number of thioether (sulfide) groups is 2. The van der Waals surface area contributed by atoms with Crippen LogP contribution in [0.25, 0.3) is 0 Å². The Hall–Kier alpha value is -0.340. The monoisotopic (exact) mass is 194 g/mol. The fourth-order valence-electron chi connectivity index (χ4n) is 1.10. The van der Waals surface area contributed by atoms with Gasteiger partial charge in [-0.05, 0) is 12.2 Å². The molecule has 12 heavy (non-hydrogen) atoms. The van der Waals surface area contributed by atoms with Crippen LogP contribution in [-0.4, -0.2) is 11.5 Å². The summed E-state index contributed by atoms with van der Waals surface area (Å²) < 4.78 is 0. The zero-order valence-corrected chi connectivity index (χ0v) is 8.33. The first-order chi connectivity index (χ1) is 5.97. The van der Waals surface area contributed by atoms with Gasteiger partial charge in [0.1, 0.15) is 0 Å². The third-order valence-corrected chi connectivity index (χ3v) is 3.86. The van der Waals surface area contributed by atoms with Crippen molar-refractivity contribution in [2.24, 2.45) is 0 Å². The summed E-state index contributed by atoms with van der Waals surface area (Å²) in [5.41, 5.74) is 0. The Morgan fingerprint density at radius 2 is 1.33 bits per heavy atom. The molecular formula is C10H10S2. The second-order valence-electron chi connectivity index (χ2n) is 2.54. The zero-order chi connectivity index (χ0) is 8.23. The third-order valence-electron chi connectivity index (χ3n) is 1.68. The lowest BCUT2D eigenvalue weighted by Crippen LogP contribution is -1.89. The normalized spacial score (nSPS) is 22.0. The topological polar surface area (TPSA) is 0 Å². The van der Waals surface area contributed by atoms with Crippen molar-refractivity contribution in [3.8, 4) is 0 Å². The second kappa shape index (κ2) is 4.06. The van der Waals surface area contributed by atoms with Gasteiger partial charge < -0.3 is 0 Å². The summed E-state index contributed by atoms with van der Waals surface area (Å²) in [6, 6.07) is 0. The molecule has 0 saturated heterocycles. The van der Waals surface area contributed by atoms with Gasteiger partial charge in [-0.25, -0.2) is 0 Å². The maximum atomic E-state index is 2.20. The van der Waals surface area contributed by atoms with E-state index in [1.54, 1.807) is 0 Å².